The zero-order chi connectivity index (χ0) is 20.8. The van der Waals surface area contributed by atoms with Gasteiger partial charge in [0.05, 0.1) is 5.92 Å². The fourth-order valence-electron chi connectivity index (χ4n) is 3.18. The largest absolute Gasteiger partial charge is 0.368 e. The fourth-order valence-corrected chi connectivity index (χ4v) is 3.79. The Morgan fingerprint density at radius 2 is 1.48 bits per heavy atom. The van der Waals surface area contributed by atoms with Gasteiger partial charge in [0.25, 0.3) is 0 Å². The van der Waals surface area contributed by atoms with Crippen molar-refractivity contribution in [1.82, 2.24) is 5.32 Å². The van der Waals surface area contributed by atoms with Gasteiger partial charge in [-0.1, -0.05) is 88.2 Å². The van der Waals surface area contributed by atoms with Crippen molar-refractivity contribution in [2.75, 3.05) is 0 Å². The molecule has 0 spiro atoms. The van der Waals surface area contributed by atoms with E-state index in [0.717, 1.165) is 21.2 Å². The average Bonchev–Trinajstić information content (AvgIpc) is 2.72. The first kappa shape index (κ1) is 21.1. The van der Waals surface area contributed by atoms with Gasteiger partial charge in [0.2, 0.25) is 11.8 Å². The van der Waals surface area contributed by atoms with Gasteiger partial charge in [0.1, 0.15) is 6.04 Å². The Hall–Kier alpha value is -2.63. The maximum Gasteiger partial charge on any atom is 0.240 e. The SMILES string of the molecule is NC(=O)[C@H](Cc1cc(Cl)ccc1Br)NC(=O)C(c1ccccc1)c1ccccc1. The number of hydrogen-bond donors (Lipinski definition) is 2. The van der Waals surface area contributed by atoms with Crippen molar-refractivity contribution in [3.8, 4) is 0 Å². The van der Waals surface area contributed by atoms with Crippen LogP contribution < -0.4 is 11.1 Å². The first-order chi connectivity index (χ1) is 14.0. The van der Waals surface area contributed by atoms with Crippen molar-refractivity contribution in [3.63, 3.8) is 0 Å². The molecule has 0 aliphatic carbocycles. The number of carbonyl (C=O) groups is 2. The summed E-state index contributed by atoms with van der Waals surface area (Å²) in [6.07, 6.45) is 0.235. The molecule has 0 saturated heterocycles. The normalized spacial score (nSPS) is 11.8. The van der Waals surface area contributed by atoms with Gasteiger partial charge in [0.15, 0.2) is 0 Å². The third-order valence-corrected chi connectivity index (χ3v) is 5.63. The first-order valence-electron chi connectivity index (χ1n) is 9.09. The quantitative estimate of drug-likeness (QED) is 0.534. The number of rotatable bonds is 7. The van der Waals surface area contributed by atoms with E-state index in [4.69, 9.17) is 17.3 Å². The minimum atomic E-state index is -0.868. The number of carbonyl (C=O) groups excluding carboxylic acids is 2. The van der Waals surface area contributed by atoms with Crippen molar-refractivity contribution in [2.45, 2.75) is 18.4 Å². The standard InChI is InChI=1S/C23H20BrClN2O2/c24-19-12-11-18(25)13-17(19)14-20(22(26)28)27-23(29)21(15-7-3-1-4-8-15)16-9-5-2-6-10-16/h1-13,20-21H,14H2,(H2,26,28)(H,27,29)/t20-/m0/s1. The van der Waals surface area contributed by atoms with Crippen molar-refractivity contribution in [3.05, 3.63) is 105 Å². The number of primary amides is 1. The second-order valence-electron chi connectivity index (χ2n) is 6.66. The molecular formula is C23H20BrClN2O2. The van der Waals surface area contributed by atoms with E-state index in [2.05, 4.69) is 21.2 Å². The number of nitrogens with one attached hydrogen (secondary N) is 1. The van der Waals surface area contributed by atoms with Crippen LogP contribution in [-0.4, -0.2) is 17.9 Å². The molecule has 0 aliphatic heterocycles. The minimum Gasteiger partial charge on any atom is -0.368 e. The number of hydrogen-bond acceptors (Lipinski definition) is 2. The number of benzene rings is 3. The topological polar surface area (TPSA) is 72.2 Å². The lowest BCUT2D eigenvalue weighted by Gasteiger charge is -2.22. The molecule has 2 amide bonds. The predicted octanol–water partition coefficient (Wildman–Crippen LogP) is 4.45. The Balaban J connectivity index is 1.88. The molecule has 3 rings (SSSR count). The van der Waals surface area contributed by atoms with Crippen LogP contribution in [0.1, 0.15) is 22.6 Å². The number of nitrogens with two attached hydrogens (primary N) is 1. The molecule has 0 heterocycles. The van der Waals surface area contributed by atoms with Crippen LogP contribution >= 0.6 is 27.5 Å². The van der Waals surface area contributed by atoms with Crippen molar-refractivity contribution in [1.29, 1.82) is 0 Å². The van der Waals surface area contributed by atoms with Crippen LogP contribution in [0.3, 0.4) is 0 Å². The third kappa shape index (κ3) is 5.46. The van der Waals surface area contributed by atoms with Crippen LogP contribution in [0.25, 0.3) is 0 Å². The lowest BCUT2D eigenvalue weighted by atomic mass is 9.90. The van der Waals surface area contributed by atoms with E-state index in [1.165, 1.54) is 0 Å². The van der Waals surface area contributed by atoms with Gasteiger partial charge in [-0.25, -0.2) is 0 Å². The van der Waals surface area contributed by atoms with E-state index in [1.807, 2.05) is 60.7 Å². The Morgan fingerprint density at radius 1 is 0.931 bits per heavy atom. The average molecular weight is 472 g/mol. The molecule has 0 bridgehead atoms. The molecule has 1 atom stereocenters. The van der Waals surface area contributed by atoms with Gasteiger partial charge in [-0.05, 0) is 34.9 Å². The molecule has 0 fully saturated rings. The lowest BCUT2D eigenvalue weighted by molar-refractivity contribution is -0.127. The summed E-state index contributed by atoms with van der Waals surface area (Å²) in [5, 5.41) is 3.38. The van der Waals surface area contributed by atoms with E-state index in [0.29, 0.717) is 5.02 Å². The molecular weight excluding hydrogens is 452 g/mol. The summed E-state index contributed by atoms with van der Waals surface area (Å²) in [5.41, 5.74) is 8.06. The molecule has 148 valence electrons. The van der Waals surface area contributed by atoms with E-state index < -0.39 is 17.9 Å². The highest BCUT2D eigenvalue weighted by molar-refractivity contribution is 9.10. The summed E-state index contributed by atoms with van der Waals surface area (Å²) in [6.45, 7) is 0. The molecule has 3 N–H and O–H groups in total. The summed E-state index contributed by atoms with van der Waals surface area (Å²) in [6, 6.07) is 23.3. The number of amides is 2. The van der Waals surface area contributed by atoms with Crippen LogP contribution in [-0.2, 0) is 16.0 Å². The van der Waals surface area contributed by atoms with E-state index >= 15 is 0 Å². The van der Waals surface area contributed by atoms with Crippen LogP contribution in [0.4, 0.5) is 0 Å². The van der Waals surface area contributed by atoms with Gasteiger partial charge in [-0.3, -0.25) is 9.59 Å². The molecule has 0 radical (unpaired) electrons. The Morgan fingerprint density at radius 3 is 2.00 bits per heavy atom. The van der Waals surface area contributed by atoms with Gasteiger partial charge in [-0.15, -0.1) is 0 Å². The van der Waals surface area contributed by atoms with E-state index in [9.17, 15) is 9.59 Å². The summed E-state index contributed by atoms with van der Waals surface area (Å²) < 4.78 is 0.796. The second kappa shape index (κ2) is 9.72. The molecule has 6 heteroatoms. The second-order valence-corrected chi connectivity index (χ2v) is 7.95. The minimum absolute atomic E-state index is 0.235. The first-order valence-corrected chi connectivity index (χ1v) is 10.3. The maximum absolute atomic E-state index is 13.2. The van der Waals surface area contributed by atoms with Gasteiger partial charge in [-0.2, -0.15) is 0 Å². The van der Waals surface area contributed by atoms with Gasteiger partial charge >= 0.3 is 0 Å². The molecule has 0 aliphatic rings. The Bertz CT molecular complexity index is 957. The van der Waals surface area contributed by atoms with Gasteiger partial charge in [0, 0.05) is 15.9 Å². The lowest BCUT2D eigenvalue weighted by Crippen LogP contribution is -2.47. The zero-order valence-corrected chi connectivity index (χ0v) is 17.9. The van der Waals surface area contributed by atoms with Crippen molar-refractivity contribution < 1.29 is 9.59 Å². The van der Waals surface area contributed by atoms with E-state index in [-0.39, 0.29) is 12.3 Å². The summed E-state index contributed by atoms with van der Waals surface area (Å²) in [4.78, 5) is 25.3. The molecule has 0 unspecified atom stereocenters. The summed E-state index contributed by atoms with van der Waals surface area (Å²) in [5.74, 6) is -1.45. The van der Waals surface area contributed by atoms with Crippen molar-refractivity contribution >= 4 is 39.3 Å². The van der Waals surface area contributed by atoms with Crippen LogP contribution in [0.15, 0.2) is 83.3 Å². The highest BCUT2D eigenvalue weighted by Gasteiger charge is 2.27. The number of halogens is 2. The Kier molecular flexibility index (Phi) is 7.07. The Labute approximate surface area is 183 Å². The summed E-state index contributed by atoms with van der Waals surface area (Å²) in [7, 11) is 0. The predicted molar refractivity (Wildman–Crippen MR) is 119 cm³/mol. The zero-order valence-electron chi connectivity index (χ0n) is 15.5. The molecule has 29 heavy (non-hydrogen) atoms. The molecule has 0 aromatic heterocycles. The highest BCUT2D eigenvalue weighted by Crippen LogP contribution is 2.26. The molecule has 4 nitrogen and oxygen atoms in total. The van der Waals surface area contributed by atoms with Gasteiger partial charge < -0.3 is 11.1 Å². The van der Waals surface area contributed by atoms with Crippen molar-refractivity contribution in [2.24, 2.45) is 5.73 Å². The van der Waals surface area contributed by atoms with Crippen LogP contribution in [0, 0.1) is 0 Å². The third-order valence-electron chi connectivity index (χ3n) is 4.62. The maximum atomic E-state index is 13.2. The monoisotopic (exact) mass is 470 g/mol. The highest BCUT2D eigenvalue weighted by atomic mass is 79.9. The van der Waals surface area contributed by atoms with Crippen LogP contribution in [0.2, 0.25) is 5.02 Å². The molecule has 3 aromatic rings. The van der Waals surface area contributed by atoms with E-state index in [1.54, 1.807) is 18.2 Å². The van der Waals surface area contributed by atoms with Crippen LogP contribution in [0.5, 0.6) is 0 Å². The molecule has 0 saturated carbocycles. The summed E-state index contributed by atoms with van der Waals surface area (Å²) >= 11 is 9.52. The fraction of sp³-hybridized carbons (Fsp3) is 0.130. The molecule has 3 aromatic carbocycles. The smallest absolute Gasteiger partial charge is 0.240 e.